The summed E-state index contributed by atoms with van der Waals surface area (Å²) in [5, 5.41) is 10.5. The fourth-order valence-corrected chi connectivity index (χ4v) is 9.98. The summed E-state index contributed by atoms with van der Waals surface area (Å²) in [6.07, 6.45) is 0.792. The van der Waals surface area contributed by atoms with Crippen molar-refractivity contribution in [3.8, 4) is 0 Å². The van der Waals surface area contributed by atoms with Crippen LogP contribution in [0.15, 0.2) is 34.1 Å². The minimum absolute atomic E-state index is 0.00431. The van der Waals surface area contributed by atoms with E-state index in [1.54, 1.807) is 11.8 Å². The largest absolute Gasteiger partial charge is 0.480 e. The third kappa shape index (κ3) is 3.16. The van der Waals surface area contributed by atoms with Gasteiger partial charge in [0.05, 0.1) is 16.9 Å². The Morgan fingerprint density at radius 2 is 1.71 bits per heavy atom. The van der Waals surface area contributed by atoms with Crippen molar-refractivity contribution in [2.24, 2.45) is 29.6 Å². The predicted molar refractivity (Wildman–Crippen MR) is 133 cm³/mol. The van der Waals surface area contributed by atoms with Gasteiger partial charge in [-0.05, 0) is 47.6 Å². The lowest BCUT2D eigenvalue weighted by atomic mass is 9.68. The third-order valence-corrected chi connectivity index (χ3v) is 11.2. The molecule has 1 saturated heterocycles. The van der Waals surface area contributed by atoms with E-state index in [2.05, 4.69) is 50.0 Å². The number of carboxylic acids is 1. The number of hydrogen-bond donors (Lipinski definition) is 2. The van der Waals surface area contributed by atoms with Crippen LogP contribution in [0.2, 0.25) is 0 Å². The molecule has 184 valence electrons. The van der Waals surface area contributed by atoms with Gasteiger partial charge in [0.15, 0.2) is 0 Å². The van der Waals surface area contributed by atoms with Gasteiger partial charge in [-0.1, -0.05) is 56.4 Å². The number of imide groups is 1. The number of thiazole rings is 1. The molecule has 4 aliphatic rings. The van der Waals surface area contributed by atoms with E-state index in [1.165, 1.54) is 23.8 Å². The molecule has 8 atom stereocenters. The number of rotatable bonds is 3. The zero-order valence-electron chi connectivity index (χ0n) is 20.0. The summed E-state index contributed by atoms with van der Waals surface area (Å²) in [7, 11) is 0. The molecule has 0 radical (unpaired) electrons. The quantitative estimate of drug-likeness (QED) is 0.608. The first kappa shape index (κ1) is 23.0. The summed E-state index contributed by atoms with van der Waals surface area (Å²) < 4.78 is 0. The van der Waals surface area contributed by atoms with Crippen LogP contribution < -0.4 is 4.87 Å². The van der Waals surface area contributed by atoms with Crippen molar-refractivity contribution >= 4 is 40.9 Å². The Morgan fingerprint density at radius 3 is 2.31 bits per heavy atom. The minimum atomic E-state index is -1.16. The van der Waals surface area contributed by atoms with Gasteiger partial charge in [0, 0.05) is 16.0 Å². The number of nitrogens with one attached hydrogen (secondary N) is 1. The van der Waals surface area contributed by atoms with Crippen LogP contribution >= 0.6 is 23.1 Å². The Bertz CT molecular complexity index is 1310. The van der Waals surface area contributed by atoms with Crippen molar-refractivity contribution < 1.29 is 19.5 Å². The van der Waals surface area contributed by atoms with E-state index in [-0.39, 0.29) is 51.0 Å². The molecule has 2 aliphatic heterocycles. The molecule has 1 aromatic carbocycles. The molecule has 2 bridgehead atoms. The average Bonchev–Trinajstić information content (AvgIpc) is 3.51. The van der Waals surface area contributed by atoms with Crippen molar-refractivity contribution in [1.82, 2.24) is 9.88 Å². The Morgan fingerprint density at radius 1 is 1.09 bits per heavy atom. The third-order valence-electron chi connectivity index (χ3n) is 8.64. The van der Waals surface area contributed by atoms with Crippen LogP contribution in [0.25, 0.3) is 0 Å². The number of thioether (sulfide) groups is 1. The first-order valence-corrected chi connectivity index (χ1v) is 13.8. The van der Waals surface area contributed by atoms with E-state index in [0.29, 0.717) is 0 Å². The number of benzene rings is 1. The molecule has 1 aromatic heterocycles. The lowest BCUT2D eigenvalue weighted by Gasteiger charge is -2.43. The molecule has 6 rings (SSSR count). The first-order valence-electron chi connectivity index (χ1n) is 12.1. The van der Waals surface area contributed by atoms with Crippen molar-refractivity contribution in [2.75, 3.05) is 0 Å². The Balaban J connectivity index is 1.43. The summed E-state index contributed by atoms with van der Waals surface area (Å²) in [5.41, 5.74) is 2.38. The lowest BCUT2D eigenvalue weighted by Crippen LogP contribution is -2.44. The van der Waals surface area contributed by atoms with Crippen LogP contribution in [0.1, 0.15) is 56.0 Å². The molecule has 2 aromatic rings. The molecule has 35 heavy (non-hydrogen) atoms. The van der Waals surface area contributed by atoms with Gasteiger partial charge >= 0.3 is 10.8 Å². The normalized spacial score (nSPS) is 34.1. The standard InChI is InChI=1S/C26H28N2O5S2/c1-10(24(31)32)28-22(29)17-13-9-14(18(17)23(28)30)19-16(13)15(20-21(34-19)27-25(33)35-20)11-5-7-12(8-6-11)26(2,3)4/h5-8,10,13-19H,9H2,1-4H3,(H,27,33)(H,31,32)/t10-,13-,14-,15+,16-,17+,18-,19+/m1/s1. The van der Waals surface area contributed by atoms with Gasteiger partial charge in [-0.25, -0.2) is 4.79 Å². The van der Waals surface area contributed by atoms with Crippen molar-refractivity contribution in [1.29, 1.82) is 0 Å². The second-order valence-electron chi connectivity index (χ2n) is 11.4. The SMILES string of the molecule is C[C@H](C(=O)O)N1C(=O)[C@@H]2[C@H]3C[C@@H]([C@@H]2C1=O)[C@@H]1[C@H](c2ccc(C(C)(C)C)cc2)c2sc(=O)[nH]c2S[C@@H]31. The second-order valence-corrected chi connectivity index (χ2v) is 13.6. The van der Waals surface area contributed by atoms with E-state index in [4.69, 9.17) is 0 Å². The van der Waals surface area contributed by atoms with Gasteiger partial charge in [-0.2, -0.15) is 0 Å². The molecule has 9 heteroatoms. The average molecular weight is 513 g/mol. The zero-order valence-corrected chi connectivity index (χ0v) is 21.6. The van der Waals surface area contributed by atoms with Gasteiger partial charge in [-0.15, -0.1) is 11.8 Å². The monoisotopic (exact) mass is 512 g/mol. The van der Waals surface area contributed by atoms with Crippen LogP contribution in [0.4, 0.5) is 0 Å². The Hall–Kier alpha value is -2.39. The van der Waals surface area contributed by atoms with Gasteiger partial charge < -0.3 is 10.1 Å². The van der Waals surface area contributed by atoms with Crippen LogP contribution in [-0.4, -0.2) is 44.1 Å². The number of carbonyl (C=O) groups excluding carboxylic acids is 2. The summed E-state index contributed by atoms with van der Waals surface area (Å²) in [5.74, 6) is -2.69. The van der Waals surface area contributed by atoms with Crippen molar-refractivity contribution in [3.63, 3.8) is 0 Å². The van der Waals surface area contributed by atoms with Crippen molar-refractivity contribution in [2.45, 2.75) is 61.8 Å². The predicted octanol–water partition coefficient (Wildman–Crippen LogP) is 3.68. The number of carboxylic acid groups (broad SMARTS) is 1. The molecule has 3 fully saturated rings. The number of amides is 2. The number of aromatic amines is 1. The second kappa shape index (κ2) is 7.56. The van der Waals surface area contributed by atoms with Crippen LogP contribution in [0, 0.1) is 29.6 Å². The highest BCUT2D eigenvalue weighted by molar-refractivity contribution is 8.00. The molecular formula is C26H28N2O5S2. The number of fused-ring (bicyclic) bond motifs is 9. The molecule has 2 aliphatic carbocycles. The highest BCUT2D eigenvalue weighted by atomic mass is 32.2. The molecule has 3 heterocycles. The van der Waals surface area contributed by atoms with E-state index < -0.39 is 23.8 Å². The number of nitrogens with zero attached hydrogens (tertiary/aromatic N) is 1. The molecule has 7 nitrogen and oxygen atoms in total. The van der Waals surface area contributed by atoms with Gasteiger partial charge in [0.1, 0.15) is 6.04 Å². The highest BCUT2D eigenvalue weighted by Crippen LogP contribution is 2.68. The summed E-state index contributed by atoms with van der Waals surface area (Å²) in [6.45, 7) is 7.93. The summed E-state index contributed by atoms with van der Waals surface area (Å²) in [4.78, 5) is 55.7. The van der Waals surface area contributed by atoms with Gasteiger partial charge in [0.2, 0.25) is 11.8 Å². The zero-order chi connectivity index (χ0) is 25.0. The molecule has 0 unspecified atom stereocenters. The number of hydrogen-bond acceptors (Lipinski definition) is 6. The fraction of sp³-hybridized carbons (Fsp3) is 0.538. The fourth-order valence-electron chi connectivity index (χ4n) is 7.10. The summed E-state index contributed by atoms with van der Waals surface area (Å²) in [6, 6.07) is 7.44. The first-order chi connectivity index (χ1) is 16.5. The number of likely N-dealkylation sites (tertiary alicyclic amines) is 1. The van der Waals surface area contributed by atoms with Crippen LogP contribution in [0.3, 0.4) is 0 Å². The minimum Gasteiger partial charge on any atom is -0.480 e. The van der Waals surface area contributed by atoms with E-state index in [1.807, 2.05) is 0 Å². The molecule has 2 N–H and O–H groups in total. The summed E-state index contributed by atoms with van der Waals surface area (Å²) >= 11 is 2.89. The molecular weight excluding hydrogens is 484 g/mol. The Labute approximate surface area is 211 Å². The highest BCUT2D eigenvalue weighted by Gasteiger charge is 2.70. The smallest absolute Gasteiger partial charge is 0.326 e. The molecule has 0 spiro atoms. The van der Waals surface area contributed by atoms with Crippen molar-refractivity contribution in [3.05, 3.63) is 49.9 Å². The lowest BCUT2D eigenvalue weighted by molar-refractivity contribution is -0.154. The maximum Gasteiger partial charge on any atom is 0.326 e. The number of aliphatic carboxylic acids is 1. The van der Waals surface area contributed by atoms with E-state index >= 15 is 0 Å². The van der Waals surface area contributed by atoms with Crippen LogP contribution in [0.5, 0.6) is 0 Å². The van der Waals surface area contributed by atoms with Gasteiger partial charge in [-0.3, -0.25) is 19.3 Å². The number of aromatic nitrogens is 1. The Kier molecular flexibility index (Phi) is 4.97. The van der Waals surface area contributed by atoms with E-state index in [9.17, 15) is 24.3 Å². The topological polar surface area (TPSA) is 108 Å². The van der Waals surface area contributed by atoms with Gasteiger partial charge in [0.25, 0.3) is 0 Å². The maximum atomic E-state index is 13.4. The van der Waals surface area contributed by atoms with E-state index in [0.717, 1.165) is 26.8 Å². The molecule has 2 saturated carbocycles. The van der Waals surface area contributed by atoms with Crippen LogP contribution in [-0.2, 0) is 19.8 Å². The number of carbonyl (C=O) groups is 3. The maximum absolute atomic E-state index is 13.4. The number of H-pyrrole nitrogens is 1. The molecule has 2 amide bonds.